The van der Waals surface area contributed by atoms with Gasteiger partial charge in [-0.15, -0.1) is 0 Å². The number of rotatable bonds is 6. The Bertz CT molecular complexity index is 519. The Kier molecular flexibility index (Phi) is 6.13. The molecule has 5 nitrogen and oxygen atoms in total. The van der Waals surface area contributed by atoms with E-state index < -0.39 is 0 Å². The summed E-state index contributed by atoms with van der Waals surface area (Å²) in [5.41, 5.74) is 1.01. The SMILES string of the molecule is COc1cc(C)cc(OC)c1OCC(=O)N[C@H]1CCCC[C@H]1C. The maximum Gasteiger partial charge on any atom is 0.258 e. The van der Waals surface area contributed by atoms with Gasteiger partial charge in [-0.25, -0.2) is 0 Å². The lowest BCUT2D eigenvalue weighted by atomic mass is 9.86. The van der Waals surface area contributed by atoms with Crippen LogP contribution in [0.1, 0.15) is 38.2 Å². The molecule has 0 aromatic heterocycles. The van der Waals surface area contributed by atoms with Crippen LogP contribution >= 0.6 is 0 Å². The van der Waals surface area contributed by atoms with Crippen LogP contribution in [0.15, 0.2) is 12.1 Å². The number of amides is 1. The number of methoxy groups -OCH3 is 2. The predicted molar refractivity (Wildman–Crippen MR) is 89.3 cm³/mol. The van der Waals surface area contributed by atoms with E-state index in [1.807, 2.05) is 19.1 Å². The lowest BCUT2D eigenvalue weighted by Crippen LogP contribution is -2.43. The molecule has 2 rings (SSSR count). The third-order valence-electron chi connectivity index (χ3n) is 4.41. The molecule has 0 bridgehead atoms. The van der Waals surface area contributed by atoms with Crippen molar-refractivity contribution in [3.05, 3.63) is 17.7 Å². The number of hydrogen-bond acceptors (Lipinski definition) is 4. The van der Waals surface area contributed by atoms with Crippen LogP contribution in [0.5, 0.6) is 17.2 Å². The number of benzene rings is 1. The largest absolute Gasteiger partial charge is 0.493 e. The van der Waals surface area contributed by atoms with E-state index in [0.29, 0.717) is 23.2 Å². The summed E-state index contributed by atoms with van der Waals surface area (Å²) >= 11 is 0. The van der Waals surface area contributed by atoms with Crippen LogP contribution in [-0.4, -0.2) is 32.8 Å². The number of carbonyl (C=O) groups excluding carboxylic acids is 1. The second-order valence-electron chi connectivity index (χ2n) is 6.22. The first kappa shape index (κ1) is 17.4. The summed E-state index contributed by atoms with van der Waals surface area (Å²) < 4.78 is 16.3. The van der Waals surface area contributed by atoms with E-state index in [4.69, 9.17) is 14.2 Å². The molecule has 5 heteroatoms. The quantitative estimate of drug-likeness (QED) is 0.875. The number of ether oxygens (including phenoxy) is 3. The van der Waals surface area contributed by atoms with E-state index in [0.717, 1.165) is 12.0 Å². The highest BCUT2D eigenvalue weighted by molar-refractivity contribution is 5.78. The Balaban J connectivity index is 1.98. The van der Waals surface area contributed by atoms with E-state index in [2.05, 4.69) is 12.2 Å². The molecule has 0 radical (unpaired) electrons. The summed E-state index contributed by atoms with van der Waals surface area (Å²) in [6.07, 6.45) is 4.65. The summed E-state index contributed by atoms with van der Waals surface area (Å²) in [6.45, 7) is 4.10. The topological polar surface area (TPSA) is 56.8 Å². The van der Waals surface area contributed by atoms with Crippen LogP contribution in [0.2, 0.25) is 0 Å². The molecule has 23 heavy (non-hydrogen) atoms. The second kappa shape index (κ2) is 8.09. The summed E-state index contributed by atoms with van der Waals surface area (Å²) in [4.78, 5) is 12.2. The van der Waals surface area contributed by atoms with Crippen molar-refractivity contribution in [1.82, 2.24) is 5.32 Å². The molecular weight excluding hydrogens is 294 g/mol. The van der Waals surface area contributed by atoms with Crippen molar-refractivity contribution in [2.45, 2.75) is 45.6 Å². The van der Waals surface area contributed by atoms with Crippen molar-refractivity contribution in [2.75, 3.05) is 20.8 Å². The summed E-state index contributed by atoms with van der Waals surface area (Å²) in [6, 6.07) is 3.97. The highest BCUT2D eigenvalue weighted by atomic mass is 16.5. The van der Waals surface area contributed by atoms with Crippen molar-refractivity contribution in [2.24, 2.45) is 5.92 Å². The molecule has 1 aliphatic carbocycles. The van der Waals surface area contributed by atoms with E-state index in [9.17, 15) is 4.79 Å². The Hall–Kier alpha value is -1.91. The van der Waals surface area contributed by atoms with Crippen LogP contribution in [0, 0.1) is 12.8 Å². The minimum absolute atomic E-state index is 0.0427. The Morgan fingerprint density at radius 1 is 1.17 bits per heavy atom. The Morgan fingerprint density at radius 2 is 1.78 bits per heavy atom. The fourth-order valence-corrected chi connectivity index (χ4v) is 3.07. The first-order chi connectivity index (χ1) is 11.0. The van der Waals surface area contributed by atoms with Crippen molar-refractivity contribution in [3.63, 3.8) is 0 Å². The molecule has 0 spiro atoms. The molecule has 1 amide bonds. The molecule has 1 N–H and O–H groups in total. The van der Waals surface area contributed by atoms with Gasteiger partial charge in [0, 0.05) is 6.04 Å². The molecule has 1 fully saturated rings. The fourth-order valence-electron chi connectivity index (χ4n) is 3.07. The third-order valence-corrected chi connectivity index (χ3v) is 4.41. The van der Waals surface area contributed by atoms with Crippen LogP contribution in [0.3, 0.4) is 0 Å². The van der Waals surface area contributed by atoms with E-state index in [1.165, 1.54) is 19.3 Å². The first-order valence-electron chi connectivity index (χ1n) is 8.20. The minimum atomic E-state index is -0.103. The third kappa shape index (κ3) is 4.53. The zero-order valence-corrected chi connectivity index (χ0v) is 14.5. The molecule has 0 heterocycles. The highest BCUT2D eigenvalue weighted by Crippen LogP contribution is 2.38. The average molecular weight is 321 g/mol. The molecule has 0 aliphatic heterocycles. The van der Waals surface area contributed by atoms with Gasteiger partial charge in [0.05, 0.1) is 14.2 Å². The van der Waals surface area contributed by atoms with Gasteiger partial charge < -0.3 is 19.5 Å². The van der Waals surface area contributed by atoms with E-state index >= 15 is 0 Å². The normalized spacial score (nSPS) is 20.7. The number of aryl methyl sites for hydroxylation is 1. The average Bonchev–Trinajstić information content (AvgIpc) is 2.54. The number of nitrogens with one attached hydrogen (secondary N) is 1. The van der Waals surface area contributed by atoms with Gasteiger partial charge in [0.1, 0.15) is 0 Å². The summed E-state index contributed by atoms with van der Waals surface area (Å²) in [7, 11) is 3.15. The van der Waals surface area contributed by atoms with Crippen molar-refractivity contribution < 1.29 is 19.0 Å². The predicted octanol–water partition coefficient (Wildman–Crippen LogP) is 3.09. The summed E-state index contributed by atoms with van der Waals surface area (Å²) in [5, 5.41) is 3.08. The lowest BCUT2D eigenvalue weighted by Gasteiger charge is -2.29. The lowest BCUT2D eigenvalue weighted by molar-refractivity contribution is -0.124. The molecule has 2 atom stereocenters. The number of carbonyl (C=O) groups is 1. The smallest absolute Gasteiger partial charge is 0.258 e. The van der Waals surface area contributed by atoms with Crippen LogP contribution in [0.4, 0.5) is 0 Å². The molecule has 0 unspecified atom stereocenters. The van der Waals surface area contributed by atoms with Crippen LogP contribution in [-0.2, 0) is 4.79 Å². The Morgan fingerprint density at radius 3 is 2.35 bits per heavy atom. The van der Waals surface area contributed by atoms with Gasteiger partial charge in [-0.2, -0.15) is 0 Å². The summed E-state index contributed by atoms with van der Waals surface area (Å²) in [5.74, 6) is 2.03. The molecule has 1 aromatic rings. The Labute approximate surface area is 138 Å². The minimum Gasteiger partial charge on any atom is -0.493 e. The van der Waals surface area contributed by atoms with Crippen molar-refractivity contribution >= 4 is 5.91 Å². The number of hydrogen-bond donors (Lipinski definition) is 1. The molecule has 1 aromatic carbocycles. The maximum atomic E-state index is 12.2. The van der Waals surface area contributed by atoms with Gasteiger partial charge in [0.15, 0.2) is 18.1 Å². The first-order valence-corrected chi connectivity index (χ1v) is 8.20. The van der Waals surface area contributed by atoms with E-state index in [-0.39, 0.29) is 18.6 Å². The zero-order chi connectivity index (χ0) is 16.8. The van der Waals surface area contributed by atoms with Crippen molar-refractivity contribution in [1.29, 1.82) is 0 Å². The van der Waals surface area contributed by atoms with Crippen molar-refractivity contribution in [3.8, 4) is 17.2 Å². The highest BCUT2D eigenvalue weighted by Gasteiger charge is 2.23. The van der Waals surface area contributed by atoms with Crippen LogP contribution in [0.25, 0.3) is 0 Å². The monoisotopic (exact) mass is 321 g/mol. The van der Waals surface area contributed by atoms with Gasteiger partial charge in [-0.3, -0.25) is 4.79 Å². The molecule has 128 valence electrons. The van der Waals surface area contributed by atoms with Gasteiger partial charge >= 0.3 is 0 Å². The standard InChI is InChI=1S/C18H27NO4/c1-12-9-15(21-3)18(16(10-12)22-4)23-11-17(20)19-14-8-6-5-7-13(14)2/h9-10,13-14H,5-8,11H2,1-4H3,(H,19,20)/t13-,14+/m1/s1. The van der Waals surface area contributed by atoms with Crippen LogP contribution < -0.4 is 19.5 Å². The van der Waals surface area contributed by atoms with Gasteiger partial charge in [-0.1, -0.05) is 19.8 Å². The second-order valence-corrected chi connectivity index (χ2v) is 6.22. The fraction of sp³-hybridized carbons (Fsp3) is 0.611. The molecule has 0 saturated heterocycles. The van der Waals surface area contributed by atoms with E-state index in [1.54, 1.807) is 14.2 Å². The van der Waals surface area contributed by atoms with Gasteiger partial charge in [0.25, 0.3) is 5.91 Å². The molecule has 1 aliphatic rings. The van der Waals surface area contributed by atoms with Gasteiger partial charge in [-0.05, 0) is 43.4 Å². The van der Waals surface area contributed by atoms with Gasteiger partial charge in [0.2, 0.25) is 5.75 Å². The maximum absolute atomic E-state index is 12.2. The molecular formula is C18H27NO4. The molecule has 1 saturated carbocycles. The zero-order valence-electron chi connectivity index (χ0n) is 14.5.